The SMILES string of the molecule is CN1C(N)=NC(C)(CCc2cccc(Br)c2)CC1C=O. The molecule has 0 aliphatic carbocycles. The Balaban J connectivity index is 2.09. The van der Waals surface area contributed by atoms with E-state index in [9.17, 15) is 4.79 Å². The summed E-state index contributed by atoms with van der Waals surface area (Å²) in [6, 6.07) is 8.08. The van der Waals surface area contributed by atoms with Gasteiger partial charge >= 0.3 is 0 Å². The lowest BCUT2D eigenvalue weighted by Gasteiger charge is -2.38. The minimum absolute atomic E-state index is 0.181. The summed E-state index contributed by atoms with van der Waals surface area (Å²) in [4.78, 5) is 17.5. The average Bonchev–Trinajstić information content (AvgIpc) is 2.41. The second kappa shape index (κ2) is 5.95. The maximum absolute atomic E-state index is 11.2. The summed E-state index contributed by atoms with van der Waals surface area (Å²) in [5.74, 6) is 0.449. The molecule has 1 aromatic carbocycles. The molecule has 2 N–H and O–H groups in total. The van der Waals surface area contributed by atoms with E-state index in [0.29, 0.717) is 12.4 Å². The Morgan fingerprint density at radius 2 is 2.35 bits per heavy atom. The van der Waals surface area contributed by atoms with Crippen molar-refractivity contribution in [3.8, 4) is 0 Å². The topological polar surface area (TPSA) is 58.7 Å². The zero-order valence-electron chi connectivity index (χ0n) is 11.8. The lowest BCUT2D eigenvalue weighted by Crippen LogP contribution is -2.51. The molecule has 4 nitrogen and oxygen atoms in total. The van der Waals surface area contributed by atoms with Crippen molar-refractivity contribution >= 4 is 28.2 Å². The van der Waals surface area contributed by atoms with E-state index in [1.54, 1.807) is 4.90 Å². The van der Waals surface area contributed by atoms with Crippen LogP contribution in [0.15, 0.2) is 33.7 Å². The van der Waals surface area contributed by atoms with Crippen molar-refractivity contribution in [3.05, 3.63) is 34.3 Å². The molecule has 108 valence electrons. The third-order valence-corrected chi connectivity index (χ3v) is 4.38. The molecule has 0 aromatic heterocycles. The lowest BCUT2D eigenvalue weighted by atomic mass is 9.86. The monoisotopic (exact) mass is 337 g/mol. The number of nitrogens with zero attached hydrogens (tertiary/aromatic N) is 2. The molecule has 0 saturated carbocycles. The number of nitrogens with two attached hydrogens (primary N) is 1. The van der Waals surface area contributed by atoms with Crippen molar-refractivity contribution in [3.63, 3.8) is 0 Å². The van der Waals surface area contributed by atoms with E-state index in [2.05, 4.69) is 40.0 Å². The lowest BCUT2D eigenvalue weighted by molar-refractivity contribution is -0.111. The highest BCUT2D eigenvalue weighted by atomic mass is 79.9. The Bertz CT molecular complexity index is 532. The van der Waals surface area contributed by atoms with Crippen LogP contribution in [0.4, 0.5) is 0 Å². The van der Waals surface area contributed by atoms with Crippen LogP contribution in [0.2, 0.25) is 0 Å². The van der Waals surface area contributed by atoms with E-state index >= 15 is 0 Å². The summed E-state index contributed by atoms with van der Waals surface area (Å²) >= 11 is 3.48. The first-order chi connectivity index (χ1) is 9.43. The number of aryl methyl sites for hydroxylation is 1. The highest BCUT2D eigenvalue weighted by Gasteiger charge is 2.34. The molecule has 0 fully saturated rings. The van der Waals surface area contributed by atoms with Gasteiger partial charge in [0.15, 0.2) is 5.96 Å². The molecular weight excluding hydrogens is 318 g/mol. The second-order valence-corrected chi connectivity index (χ2v) is 6.53. The minimum Gasteiger partial charge on any atom is -0.370 e. The van der Waals surface area contributed by atoms with Crippen molar-refractivity contribution < 1.29 is 4.79 Å². The Morgan fingerprint density at radius 1 is 1.60 bits per heavy atom. The van der Waals surface area contributed by atoms with Gasteiger partial charge in [-0.25, -0.2) is 4.99 Å². The number of benzene rings is 1. The van der Waals surface area contributed by atoms with Gasteiger partial charge in [-0.15, -0.1) is 0 Å². The summed E-state index contributed by atoms with van der Waals surface area (Å²) in [5, 5.41) is 0. The molecule has 1 aromatic rings. The quantitative estimate of drug-likeness (QED) is 0.858. The number of halogens is 1. The summed E-state index contributed by atoms with van der Waals surface area (Å²) in [5.41, 5.74) is 6.91. The van der Waals surface area contributed by atoms with Gasteiger partial charge < -0.3 is 15.4 Å². The maximum Gasteiger partial charge on any atom is 0.192 e. The molecule has 1 aliphatic heterocycles. The highest BCUT2D eigenvalue weighted by molar-refractivity contribution is 9.10. The van der Waals surface area contributed by atoms with Gasteiger partial charge in [0, 0.05) is 11.5 Å². The molecule has 0 bridgehead atoms. The van der Waals surface area contributed by atoms with Gasteiger partial charge in [-0.05, 0) is 43.9 Å². The van der Waals surface area contributed by atoms with Crippen molar-refractivity contribution in [2.24, 2.45) is 10.7 Å². The van der Waals surface area contributed by atoms with Crippen LogP contribution >= 0.6 is 15.9 Å². The van der Waals surface area contributed by atoms with Crippen molar-refractivity contribution in [1.82, 2.24) is 4.90 Å². The Morgan fingerprint density at radius 3 is 3.00 bits per heavy atom. The normalized spacial score (nSPS) is 26.2. The second-order valence-electron chi connectivity index (χ2n) is 5.62. The molecule has 1 aliphatic rings. The van der Waals surface area contributed by atoms with Gasteiger partial charge in [0.1, 0.15) is 6.29 Å². The first kappa shape index (κ1) is 15.0. The van der Waals surface area contributed by atoms with Crippen LogP contribution in [0, 0.1) is 0 Å². The third-order valence-electron chi connectivity index (χ3n) is 3.89. The molecular formula is C15H20BrN3O. The fourth-order valence-electron chi connectivity index (χ4n) is 2.56. The number of hydrogen-bond donors (Lipinski definition) is 1. The van der Waals surface area contributed by atoms with E-state index in [0.717, 1.165) is 23.6 Å². The number of rotatable bonds is 4. The minimum atomic E-state index is -0.273. The number of carbonyl (C=O) groups excluding carboxylic acids is 1. The maximum atomic E-state index is 11.2. The summed E-state index contributed by atoms with van der Waals surface area (Å²) in [6.07, 6.45) is 3.46. The van der Waals surface area contributed by atoms with E-state index in [-0.39, 0.29) is 11.6 Å². The fraction of sp³-hybridized carbons (Fsp3) is 0.467. The first-order valence-electron chi connectivity index (χ1n) is 6.71. The molecule has 0 radical (unpaired) electrons. The van der Waals surface area contributed by atoms with Gasteiger partial charge in [-0.3, -0.25) is 0 Å². The zero-order valence-corrected chi connectivity index (χ0v) is 13.4. The molecule has 20 heavy (non-hydrogen) atoms. The van der Waals surface area contributed by atoms with Crippen molar-refractivity contribution in [1.29, 1.82) is 0 Å². The molecule has 2 unspecified atom stereocenters. The van der Waals surface area contributed by atoms with Gasteiger partial charge in [-0.2, -0.15) is 0 Å². The van der Waals surface area contributed by atoms with Crippen LogP contribution in [-0.4, -0.2) is 35.8 Å². The molecule has 1 heterocycles. The first-order valence-corrected chi connectivity index (χ1v) is 7.51. The highest BCUT2D eigenvalue weighted by Crippen LogP contribution is 2.29. The average molecular weight is 338 g/mol. The predicted octanol–water partition coefficient (Wildman–Crippen LogP) is 2.36. The van der Waals surface area contributed by atoms with Crippen LogP contribution < -0.4 is 5.73 Å². The number of guanidine groups is 1. The number of carbonyl (C=O) groups is 1. The van der Waals surface area contributed by atoms with Crippen LogP contribution in [-0.2, 0) is 11.2 Å². The van der Waals surface area contributed by atoms with E-state index < -0.39 is 0 Å². The summed E-state index contributed by atoms with van der Waals surface area (Å²) in [7, 11) is 1.81. The van der Waals surface area contributed by atoms with Crippen molar-refractivity contribution in [2.45, 2.75) is 37.8 Å². The van der Waals surface area contributed by atoms with Gasteiger partial charge in [0.05, 0.1) is 11.6 Å². The number of hydrogen-bond acceptors (Lipinski definition) is 4. The summed E-state index contributed by atoms with van der Waals surface area (Å²) in [6.45, 7) is 2.07. The van der Waals surface area contributed by atoms with E-state index in [1.165, 1.54) is 5.56 Å². The van der Waals surface area contributed by atoms with Crippen molar-refractivity contribution in [2.75, 3.05) is 7.05 Å². The molecule has 0 saturated heterocycles. The number of aliphatic imine (C=N–C) groups is 1. The standard InChI is InChI=1S/C15H20BrN3O/c1-15(7-6-11-4-3-5-12(16)8-11)9-13(10-20)19(2)14(17)18-15/h3-5,8,10,13H,6-7,9H2,1-2H3,(H2,17,18). The predicted molar refractivity (Wildman–Crippen MR) is 84.7 cm³/mol. The largest absolute Gasteiger partial charge is 0.370 e. The molecule has 5 heteroatoms. The fourth-order valence-corrected chi connectivity index (χ4v) is 3.01. The number of likely N-dealkylation sites (N-methyl/N-ethyl adjacent to an activating group) is 1. The zero-order chi connectivity index (χ0) is 14.8. The molecule has 0 amide bonds. The Hall–Kier alpha value is -1.36. The number of aldehydes is 1. The van der Waals surface area contributed by atoms with Crippen LogP contribution in [0.1, 0.15) is 25.3 Å². The molecule has 2 rings (SSSR count). The molecule has 2 atom stereocenters. The van der Waals surface area contributed by atoms with E-state index in [4.69, 9.17) is 5.73 Å². The summed E-state index contributed by atoms with van der Waals surface area (Å²) < 4.78 is 1.08. The van der Waals surface area contributed by atoms with Gasteiger partial charge in [0.2, 0.25) is 0 Å². The third kappa shape index (κ3) is 3.39. The van der Waals surface area contributed by atoms with Gasteiger partial charge in [0.25, 0.3) is 0 Å². The Labute approximate surface area is 128 Å². The van der Waals surface area contributed by atoms with Crippen LogP contribution in [0.25, 0.3) is 0 Å². The Kier molecular flexibility index (Phi) is 4.48. The van der Waals surface area contributed by atoms with Crippen LogP contribution in [0.3, 0.4) is 0 Å². The smallest absolute Gasteiger partial charge is 0.192 e. The van der Waals surface area contributed by atoms with Crippen LogP contribution in [0.5, 0.6) is 0 Å². The van der Waals surface area contributed by atoms with Gasteiger partial charge in [-0.1, -0.05) is 28.1 Å². The van der Waals surface area contributed by atoms with E-state index in [1.807, 2.05) is 19.2 Å². The molecule has 0 spiro atoms.